The Morgan fingerprint density at radius 2 is 1.86 bits per heavy atom. The molecule has 146 valence electrons. The van der Waals surface area contributed by atoms with E-state index in [1.54, 1.807) is 6.07 Å². The number of halogens is 2. The Morgan fingerprint density at radius 1 is 1.03 bits per heavy atom. The molecular weight excluding hydrogens is 393 g/mol. The van der Waals surface area contributed by atoms with Crippen LogP contribution in [0, 0.1) is 5.82 Å². The molecule has 2 aliphatic rings. The summed E-state index contributed by atoms with van der Waals surface area (Å²) in [4.78, 5) is 15.0. The number of ether oxygens (including phenoxy) is 2. The van der Waals surface area contributed by atoms with Gasteiger partial charge in [-0.1, -0.05) is 41.9 Å². The van der Waals surface area contributed by atoms with Crippen LogP contribution in [0.25, 0.3) is 0 Å². The standard InChI is InChI=1S/C23H17ClFNO3/c24-19-11-16(25)7-6-15(19)10-20-17-3-1-2-4-18(17)23(27)26(20)12-14-5-8-21-22(9-14)29-13-28-21/h1-9,11,20H,10,12-13H2. The van der Waals surface area contributed by atoms with Crippen LogP contribution in [0.15, 0.2) is 60.7 Å². The number of rotatable bonds is 4. The maximum absolute atomic E-state index is 13.5. The monoisotopic (exact) mass is 409 g/mol. The van der Waals surface area contributed by atoms with Crippen LogP contribution in [0.5, 0.6) is 11.5 Å². The summed E-state index contributed by atoms with van der Waals surface area (Å²) in [5.74, 6) is 0.990. The van der Waals surface area contributed by atoms with Gasteiger partial charge in [0.15, 0.2) is 11.5 Å². The third-order valence-electron chi connectivity index (χ3n) is 5.41. The maximum atomic E-state index is 13.5. The van der Waals surface area contributed by atoms with E-state index in [1.165, 1.54) is 12.1 Å². The highest BCUT2D eigenvalue weighted by Gasteiger charge is 2.36. The van der Waals surface area contributed by atoms with E-state index in [-0.39, 0.29) is 24.6 Å². The molecule has 1 atom stereocenters. The molecule has 2 heterocycles. The summed E-state index contributed by atoms with van der Waals surface area (Å²) in [5, 5.41) is 0.366. The van der Waals surface area contributed by atoms with E-state index in [9.17, 15) is 9.18 Å². The molecule has 0 radical (unpaired) electrons. The second-order valence-corrected chi connectivity index (χ2v) is 7.57. The van der Waals surface area contributed by atoms with E-state index in [0.29, 0.717) is 35.1 Å². The van der Waals surface area contributed by atoms with Crippen molar-refractivity contribution in [3.8, 4) is 11.5 Å². The van der Waals surface area contributed by atoms with Gasteiger partial charge in [-0.3, -0.25) is 4.79 Å². The quantitative estimate of drug-likeness (QED) is 0.598. The van der Waals surface area contributed by atoms with E-state index >= 15 is 0 Å². The number of carbonyl (C=O) groups is 1. The van der Waals surface area contributed by atoms with Gasteiger partial charge in [0.1, 0.15) is 5.82 Å². The molecule has 3 aromatic rings. The van der Waals surface area contributed by atoms with Crippen LogP contribution in [0.3, 0.4) is 0 Å². The SMILES string of the molecule is O=C1c2ccccc2C(Cc2ccc(F)cc2Cl)N1Cc1ccc2c(c1)OCO2. The van der Waals surface area contributed by atoms with Crippen molar-refractivity contribution >= 4 is 17.5 Å². The normalized spacial score (nSPS) is 17.0. The minimum Gasteiger partial charge on any atom is -0.454 e. The van der Waals surface area contributed by atoms with Crippen molar-refractivity contribution in [1.82, 2.24) is 4.90 Å². The molecule has 0 N–H and O–H groups in total. The van der Waals surface area contributed by atoms with Gasteiger partial charge < -0.3 is 14.4 Å². The van der Waals surface area contributed by atoms with E-state index in [0.717, 1.165) is 16.7 Å². The van der Waals surface area contributed by atoms with Gasteiger partial charge in [0.05, 0.1) is 6.04 Å². The summed E-state index contributed by atoms with van der Waals surface area (Å²) in [6, 6.07) is 17.5. The van der Waals surface area contributed by atoms with Gasteiger partial charge in [0.2, 0.25) is 6.79 Å². The zero-order valence-corrected chi connectivity index (χ0v) is 16.2. The molecule has 0 saturated heterocycles. The van der Waals surface area contributed by atoms with Crippen LogP contribution in [0.4, 0.5) is 4.39 Å². The number of hydrogen-bond donors (Lipinski definition) is 0. The molecule has 0 saturated carbocycles. The zero-order chi connectivity index (χ0) is 20.0. The van der Waals surface area contributed by atoms with Crippen LogP contribution in [0.1, 0.15) is 33.1 Å². The number of benzene rings is 3. The molecule has 6 heteroatoms. The second-order valence-electron chi connectivity index (χ2n) is 7.16. The van der Waals surface area contributed by atoms with Crippen molar-refractivity contribution in [3.63, 3.8) is 0 Å². The Morgan fingerprint density at radius 3 is 2.72 bits per heavy atom. The summed E-state index contributed by atoms with van der Waals surface area (Å²) in [6.07, 6.45) is 0.506. The fourth-order valence-corrected chi connectivity index (χ4v) is 4.22. The lowest BCUT2D eigenvalue weighted by Crippen LogP contribution is -2.28. The van der Waals surface area contributed by atoms with Crippen molar-refractivity contribution in [2.75, 3.05) is 6.79 Å². The molecule has 2 aliphatic heterocycles. The molecule has 1 unspecified atom stereocenters. The molecule has 0 fully saturated rings. The topological polar surface area (TPSA) is 38.8 Å². The average Bonchev–Trinajstić information content (AvgIpc) is 3.28. The van der Waals surface area contributed by atoms with E-state index in [4.69, 9.17) is 21.1 Å². The number of carbonyl (C=O) groups excluding carboxylic acids is 1. The predicted molar refractivity (Wildman–Crippen MR) is 107 cm³/mol. The van der Waals surface area contributed by atoms with Crippen LogP contribution < -0.4 is 9.47 Å². The Balaban J connectivity index is 1.49. The first-order valence-corrected chi connectivity index (χ1v) is 9.70. The summed E-state index contributed by atoms with van der Waals surface area (Å²) in [5.41, 5.74) is 3.40. The highest BCUT2D eigenvalue weighted by Crippen LogP contribution is 2.39. The van der Waals surface area contributed by atoms with Crippen LogP contribution in [0.2, 0.25) is 5.02 Å². The van der Waals surface area contributed by atoms with Crippen LogP contribution in [-0.4, -0.2) is 17.6 Å². The van der Waals surface area contributed by atoms with Crippen LogP contribution in [-0.2, 0) is 13.0 Å². The van der Waals surface area contributed by atoms with Crippen molar-refractivity contribution in [1.29, 1.82) is 0 Å². The molecule has 1 amide bonds. The van der Waals surface area contributed by atoms with Gasteiger partial charge in [0, 0.05) is 17.1 Å². The fourth-order valence-electron chi connectivity index (χ4n) is 3.98. The lowest BCUT2D eigenvalue weighted by molar-refractivity contribution is 0.0709. The molecule has 29 heavy (non-hydrogen) atoms. The molecular formula is C23H17ClFNO3. The van der Waals surface area contributed by atoms with Crippen molar-refractivity contribution in [2.24, 2.45) is 0 Å². The predicted octanol–water partition coefficient (Wildman–Crippen LogP) is 5.15. The summed E-state index contributed by atoms with van der Waals surface area (Å²) in [7, 11) is 0. The van der Waals surface area contributed by atoms with Crippen molar-refractivity contribution in [3.05, 3.63) is 93.8 Å². The van der Waals surface area contributed by atoms with Gasteiger partial charge >= 0.3 is 0 Å². The minimum absolute atomic E-state index is 0.0264. The molecule has 0 spiro atoms. The Labute approximate surface area is 172 Å². The average molecular weight is 410 g/mol. The number of fused-ring (bicyclic) bond motifs is 2. The minimum atomic E-state index is -0.376. The Bertz CT molecular complexity index is 1120. The van der Waals surface area contributed by atoms with Gasteiger partial charge in [-0.15, -0.1) is 0 Å². The summed E-state index contributed by atoms with van der Waals surface area (Å²) in [6.45, 7) is 0.631. The molecule has 5 rings (SSSR count). The van der Waals surface area contributed by atoms with Gasteiger partial charge in [-0.25, -0.2) is 4.39 Å². The van der Waals surface area contributed by atoms with E-state index in [1.807, 2.05) is 47.4 Å². The maximum Gasteiger partial charge on any atom is 0.255 e. The third-order valence-corrected chi connectivity index (χ3v) is 5.76. The highest BCUT2D eigenvalue weighted by atomic mass is 35.5. The number of amides is 1. The molecule has 0 aliphatic carbocycles. The summed E-state index contributed by atoms with van der Waals surface area (Å²) >= 11 is 6.27. The Kier molecular flexibility index (Phi) is 4.40. The number of hydrogen-bond acceptors (Lipinski definition) is 3. The van der Waals surface area contributed by atoms with E-state index in [2.05, 4.69) is 0 Å². The molecule has 4 nitrogen and oxygen atoms in total. The molecule has 0 bridgehead atoms. The smallest absolute Gasteiger partial charge is 0.255 e. The van der Waals surface area contributed by atoms with Crippen molar-refractivity contribution in [2.45, 2.75) is 19.0 Å². The first-order valence-electron chi connectivity index (χ1n) is 9.32. The third kappa shape index (κ3) is 3.21. The molecule has 0 aromatic heterocycles. The van der Waals surface area contributed by atoms with Gasteiger partial charge in [-0.05, 0) is 53.4 Å². The lowest BCUT2D eigenvalue weighted by atomic mass is 9.98. The summed E-state index contributed by atoms with van der Waals surface area (Å²) < 4.78 is 24.3. The number of nitrogens with zero attached hydrogens (tertiary/aromatic N) is 1. The fraction of sp³-hybridized carbons (Fsp3) is 0.174. The first kappa shape index (κ1) is 18.0. The largest absolute Gasteiger partial charge is 0.454 e. The second kappa shape index (κ2) is 7.08. The lowest BCUT2D eigenvalue weighted by Gasteiger charge is -2.26. The van der Waals surface area contributed by atoms with Gasteiger partial charge in [-0.2, -0.15) is 0 Å². The molecule has 3 aromatic carbocycles. The van der Waals surface area contributed by atoms with Gasteiger partial charge in [0.25, 0.3) is 5.91 Å². The Hall–Kier alpha value is -3.05. The van der Waals surface area contributed by atoms with Crippen LogP contribution >= 0.6 is 11.6 Å². The first-order chi connectivity index (χ1) is 14.1. The van der Waals surface area contributed by atoms with Crippen molar-refractivity contribution < 1.29 is 18.7 Å². The highest BCUT2D eigenvalue weighted by molar-refractivity contribution is 6.31. The zero-order valence-electron chi connectivity index (χ0n) is 15.4. The van der Waals surface area contributed by atoms with E-state index < -0.39 is 0 Å².